The van der Waals surface area contributed by atoms with E-state index < -0.39 is 10.0 Å². The van der Waals surface area contributed by atoms with Crippen LogP contribution < -0.4 is 10.6 Å². The Kier molecular flexibility index (Phi) is 10.3. The van der Waals surface area contributed by atoms with Gasteiger partial charge >= 0.3 is 0 Å². The van der Waals surface area contributed by atoms with Gasteiger partial charge < -0.3 is 15.5 Å². The highest BCUT2D eigenvalue weighted by Crippen LogP contribution is 2.07. The lowest BCUT2D eigenvalue weighted by atomic mass is 10.1. The summed E-state index contributed by atoms with van der Waals surface area (Å²) >= 11 is 0. The Hall–Kier alpha value is -0.860. The van der Waals surface area contributed by atoms with E-state index >= 15 is 0 Å². The molecule has 1 aliphatic heterocycles. The third-order valence-corrected chi connectivity index (χ3v) is 5.55. The van der Waals surface area contributed by atoms with Crippen LogP contribution >= 0.6 is 0 Å². The molecule has 142 valence electrons. The van der Waals surface area contributed by atoms with Gasteiger partial charge in [0, 0.05) is 39.3 Å². The second kappa shape index (κ2) is 11.7. The first-order valence-electron chi connectivity index (χ1n) is 9.17. The third-order valence-electron chi connectivity index (χ3n) is 4.17. The molecule has 8 heteroatoms. The van der Waals surface area contributed by atoms with E-state index in [1.54, 1.807) is 0 Å². The summed E-state index contributed by atoms with van der Waals surface area (Å²) in [6.07, 6.45) is 5.96. The molecule has 0 saturated carbocycles. The van der Waals surface area contributed by atoms with Crippen LogP contribution in [0.3, 0.4) is 0 Å². The SMILES string of the molecule is CCNC(=NCCCN(CC)S(C)(=O)=O)NCCN1CCCCC1. The highest BCUT2D eigenvalue weighted by Gasteiger charge is 2.13. The normalized spacial score (nSPS) is 17.2. The smallest absolute Gasteiger partial charge is 0.211 e. The number of nitrogens with one attached hydrogen (secondary N) is 2. The largest absolute Gasteiger partial charge is 0.357 e. The van der Waals surface area contributed by atoms with Gasteiger partial charge in [0.15, 0.2) is 5.96 Å². The number of likely N-dealkylation sites (tertiary alicyclic amines) is 1. The summed E-state index contributed by atoms with van der Waals surface area (Å²) in [7, 11) is -3.10. The van der Waals surface area contributed by atoms with Crippen LogP contribution in [0, 0.1) is 0 Å². The Morgan fingerprint density at radius 3 is 2.46 bits per heavy atom. The van der Waals surface area contributed by atoms with Gasteiger partial charge in [-0.25, -0.2) is 12.7 Å². The first kappa shape index (κ1) is 21.2. The minimum atomic E-state index is -3.10. The van der Waals surface area contributed by atoms with Crippen molar-refractivity contribution in [1.82, 2.24) is 19.8 Å². The van der Waals surface area contributed by atoms with Crippen molar-refractivity contribution in [3.8, 4) is 0 Å². The Balaban J connectivity index is 2.30. The van der Waals surface area contributed by atoms with Gasteiger partial charge in [0.25, 0.3) is 0 Å². The molecule has 0 aromatic heterocycles. The monoisotopic (exact) mass is 361 g/mol. The molecule has 1 rings (SSSR count). The van der Waals surface area contributed by atoms with E-state index in [0.717, 1.165) is 32.0 Å². The summed E-state index contributed by atoms with van der Waals surface area (Å²) in [6.45, 7) is 10.7. The number of guanidine groups is 1. The molecule has 0 aliphatic carbocycles. The summed E-state index contributed by atoms with van der Waals surface area (Å²) < 4.78 is 24.6. The molecule has 0 amide bonds. The van der Waals surface area contributed by atoms with Crippen molar-refractivity contribution in [1.29, 1.82) is 0 Å². The van der Waals surface area contributed by atoms with Crippen LogP contribution in [-0.2, 0) is 10.0 Å². The Morgan fingerprint density at radius 2 is 1.88 bits per heavy atom. The minimum absolute atomic E-state index is 0.511. The van der Waals surface area contributed by atoms with Crippen LogP contribution in [0.25, 0.3) is 0 Å². The van der Waals surface area contributed by atoms with E-state index in [0.29, 0.717) is 19.6 Å². The van der Waals surface area contributed by atoms with E-state index in [2.05, 4.69) is 20.5 Å². The topological polar surface area (TPSA) is 77.0 Å². The maximum atomic E-state index is 11.5. The quantitative estimate of drug-likeness (QED) is 0.340. The highest BCUT2D eigenvalue weighted by atomic mass is 32.2. The van der Waals surface area contributed by atoms with E-state index in [1.165, 1.54) is 42.9 Å². The molecule has 0 atom stereocenters. The zero-order valence-electron chi connectivity index (χ0n) is 15.6. The van der Waals surface area contributed by atoms with Crippen molar-refractivity contribution < 1.29 is 8.42 Å². The van der Waals surface area contributed by atoms with Crippen molar-refractivity contribution in [3.63, 3.8) is 0 Å². The van der Waals surface area contributed by atoms with Crippen LogP contribution in [0.2, 0.25) is 0 Å². The molecule has 0 bridgehead atoms. The molecule has 0 aromatic carbocycles. The van der Waals surface area contributed by atoms with Crippen molar-refractivity contribution in [2.45, 2.75) is 39.5 Å². The summed E-state index contributed by atoms with van der Waals surface area (Å²) in [6, 6.07) is 0. The molecule has 1 aliphatic rings. The molecule has 1 fully saturated rings. The fraction of sp³-hybridized carbons (Fsp3) is 0.938. The van der Waals surface area contributed by atoms with Crippen LogP contribution in [0.5, 0.6) is 0 Å². The van der Waals surface area contributed by atoms with Gasteiger partial charge in [-0.2, -0.15) is 0 Å². The molecule has 1 saturated heterocycles. The number of nitrogens with zero attached hydrogens (tertiary/aromatic N) is 3. The van der Waals surface area contributed by atoms with Crippen molar-refractivity contribution in [2.24, 2.45) is 4.99 Å². The zero-order chi connectivity index (χ0) is 17.8. The van der Waals surface area contributed by atoms with E-state index in [9.17, 15) is 8.42 Å². The minimum Gasteiger partial charge on any atom is -0.357 e. The van der Waals surface area contributed by atoms with E-state index in [-0.39, 0.29) is 0 Å². The fourth-order valence-electron chi connectivity index (χ4n) is 2.85. The Bertz CT molecular complexity index is 461. The second-order valence-corrected chi connectivity index (χ2v) is 8.18. The molecule has 0 radical (unpaired) electrons. The molecule has 2 N–H and O–H groups in total. The summed E-state index contributed by atoms with van der Waals surface area (Å²) in [4.78, 5) is 7.03. The number of hydrogen-bond donors (Lipinski definition) is 2. The molecular weight excluding hydrogens is 326 g/mol. The van der Waals surface area contributed by atoms with Gasteiger partial charge in [-0.3, -0.25) is 4.99 Å². The Morgan fingerprint density at radius 1 is 1.17 bits per heavy atom. The molecule has 24 heavy (non-hydrogen) atoms. The predicted octanol–water partition coefficient (Wildman–Crippen LogP) is 0.699. The van der Waals surface area contributed by atoms with Crippen LogP contribution in [-0.4, -0.2) is 82.2 Å². The van der Waals surface area contributed by atoms with Crippen LogP contribution in [0.1, 0.15) is 39.5 Å². The predicted molar refractivity (Wildman–Crippen MR) is 101 cm³/mol. The highest BCUT2D eigenvalue weighted by molar-refractivity contribution is 7.88. The van der Waals surface area contributed by atoms with Crippen molar-refractivity contribution in [3.05, 3.63) is 0 Å². The third kappa shape index (κ3) is 8.84. The average Bonchev–Trinajstić information content (AvgIpc) is 2.54. The average molecular weight is 362 g/mol. The van der Waals surface area contributed by atoms with Crippen molar-refractivity contribution in [2.75, 3.05) is 58.6 Å². The van der Waals surface area contributed by atoms with Gasteiger partial charge in [-0.15, -0.1) is 0 Å². The van der Waals surface area contributed by atoms with Gasteiger partial charge in [-0.05, 0) is 39.3 Å². The van der Waals surface area contributed by atoms with Gasteiger partial charge in [0.2, 0.25) is 10.0 Å². The maximum Gasteiger partial charge on any atom is 0.211 e. The van der Waals surface area contributed by atoms with Crippen LogP contribution in [0.4, 0.5) is 0 Å². The number of rotatable bonds is 10. The van der Waals surface area contributed by atoms with Gasteiger partial charge in [-0.1, -0.05) is 13.3 Å². The molecule has 0 unspecified atom stereocenters. The molecule has 0 spiro atoms. The summed E-state index contributed by atoms with van der Waals surface area (Å²) in [5.74, 6) is 0.817. The van der Waals surface area contributed by atoms with E-state index in [4.69, 9.17) is 0 Å². The fourth-order valence-corrected chi connectivity index (χ4v) is 3.78. The zero-order valence-corrected chi connectivity index (χ0v) is 16.4. The first-order chi connectivity index (χ1) is 11.5. The molecule has 0 aromatic rings. The number of sulfonamides is 1. The second-order valence-electron chi connectivity index (χ2n) is 6.20. The molecular formula is C16H35N5O2S. The number of hydrogen-bond acceptors (Lipinski definition) is 4. The lowest BCUT2D eigenvalue weighted by molar-refractivity contribution is 0.232. The molecule has 7 nitrogen and oxygen atoms in total. The number of piperidine rings is 1. The first-order valence-corrected chi connectivity index (χ1v) is 11.0. The summed E-state index contributed by atoms with van der Waals surface area (Å²) in [5.41, 5.74) is 0. The van der Waals surface area contributed by atoms with E-state index in [1.807, 2.05) is 13.8 Å². The number of aliphatic imine (C=N–C) groups is 1. The Labute approximate surface area is 147 Å². The van der Waals surface area contributed by atoms with Crippen molar-refractivity contribution >= 4 is 16.0 Å². The summed E-state index contributed by atoms with van der Waals surface area (Å²) in [5, 5.41) is 6.61. The lowest BCUT2D eigenvalue weighted by Crippen LogP contribution is -2.42. The lowest BCUT2D eigenvalue weighted by Gasteiger charge is -2.26. The maximum absolute atomic E-state index is 11.5. The van der Waals surface area contributed by atoms with Crippen LogP contribution in [0.15, 0.2) is 4.99 Å². The van der Waals surface area contributed by atoms with Gasteiger partial charge in [0.05, 0.1) is 6.26 Å². The molecule has 1 heterocycles. The standard InChI is InChI=1S/C16H35N5O2S/c1-4-17-16(19-11-15-20-12-7-6-8-13-20)18-10-9-14-21(5-2)24(3,22)23/h4-15H2,1-3H3,(H2,17,18,19). The van der Waals surface area contributed by atoms with Gasteiger partial charge in [0.1, 0.15) is 0 Å².